The molecule has 0 aromatic carbocycles. The Morgan fingerprint density at radius 2 is 2.36 bits per heavy atom. The fraction of sp³-hybridized carbons (Fsp3) is 0.857. The number of nitrogens with two attached hydrogens (primary N) is 1. The third-order valence-corrected chi connectivity index (χ3v) is 1.90. The van der Waals surface area contributed by atoms with Gasteiger partial charge in [0.15, 0.2) is 0 Å². The third kappa shape index (κ3) is 2.76. The summed E-state index contributed by atoms with van der Waals surface area (Å²) in [5, 5.41) is 3.20. The van der Waals surface area contributed by atoms with Gasteiger partial charge in [0.2, 0.25) is 0 Å². The van der Waals surface area contributed by atoms with E-state index in [1.807, 2.05) is 0 Å². The number of carbonyl (C=O) groups excluding carboxylic acids is 1. The second-order valence-electron chi connectivity index (χ2n) is 2.95. The van der Waals surface area contributed by atoms with Crippen molar-refractivity contribution >= 4 is 6.09 Å². The van der Waals surface area contributed by atoms with Crippen molar-refractivity contribution in [3.63, 3.8) is 0 Å². The molecule has 3 N–H and O–H groups in total. The Hall–Kier alpha value is -0.770. The first-order valence-corrected chi connectivity index (χ1v) is 3.88. The van der Waals surface area contributed by atoms with Gasteiger partial charge in [-0.1, -0.05) is 0 Å². The molecule has 0 aliphatic carbocycles. The van der Waals surface area contributed by atoms with E-state index in [4.69, 9.17) is 10.5 Å². The van der Waals surface area contributed by atoms with Crippen LogP contribution in [0.4, 0.5) is 4.79 Å². The van der Waals surface area contributed by atoms with Crippen LogP contribution in [0.2, 0.25) is 0 Å². The monoisotopic (exact) mass is 158 g/mol. The van der Waals surface area contributed by atoms with Gasteiger partial charge < -0.3 is 15.8 Å². The second-order valence-corrected chi connectivity index (χ2v) is 2.95. The summed E-state index contributed by atoms with van der Waals surface area (Å²) in [5.41, 5.74) is 4.87. The molecule has 0 spiro atoms. The summed E-state index contributed by atoms with van der Waals surface area (Å²) in [6.07, 6.45) is 1.25. The Morgan fingerprint density at radius 1 is 1.64 bits per heavy atom. The van der Waals surface area contributed by atoms with E-state index >= 15 is 0 Å². The lowest BCUT2D eigenvalue weighted by Crippen LogP contribution is -2.42. The van der Waals surface area contributed by atoms with Crippen molar-refractivity contribution in [1.29, 1.82) is 0 Å². The van der Waals surface area contributed by atoms with Crippen molar-refractivity contribution < 1.29 is 9.53 Å². The fourth-order valence-electron chi connectivity index (χ4n) is 1.24. The van der Waals surface area contributed by atoms with Gasteiger partial charge in [-0.15, -0.1) is 0 Å². The summed E-state index contributed by atoms with van der Waals surface area (Å²) < 4.78 is 4.82. The lowest BCUT2D eigenvalue weighted by molar-refractivity contribution is 0.0836. The molecule has 1 fully saturated rings. The van der Waals surface area contributed by atoms with Gasteiger partial charge in [0, 0.05) is 12.6 Å². The first kappa shape index (κ1) is 8.33. The normalized spacial score (nSPS) is 31.4. The van der Waals surface area contributed by atoms with E-state index in [0.29, 0.717) is 6.04 Å². The molecular formula is C7H14N2O2. The van der Waals surface area contributed by atoms with E-state index in [2.05, 4.69) is 12.2 Å². The molecule has 1 rings (SSSR count). The minimum atomic E-state index is -0.675. The number of ether oxygens (including phenoxy) is 1. The highest BCUT2D eigenvalue weighted by atomic mass is 16.6. The minimum absolute atomic E-state index is 0.0244. The maximum absolute atomic E-state index is 10.3. The number of primary amides is 1. The smallest absolute Gasteiger partial charge is 0.404 e. The molecule has 1 saturated heterocycles. The van der Waals surface area contributed by atoms with E-state index in [1.54, 1.807) is 0 Å². The maximum atomic E-state index is 10.3. The van der Waals surface area contributed by atoms with Crippen LogP contribution in [0.1, 0.15) is 19.8 Å². The van der Waals surface area contributed by atoms with Gasteiger partial charge >= 0.3 is 6.09 Å². The van der Waals surface area contributed by atoms with Crippen LogP contribution < -0.4 is 11.1 Å². The summed E-state index contributed by atoms with van der Waals surface area (Å²) in [6.45, 7) is 2.84. The Balaban J connectivity index is 2.22. The molecule has 64 valence electrons. The van der Waals surface area contributed by atoms with Gasteiger partial charge in [-0.05, 0) is 19.8 Å². The van der Waals surface area contributed by atoms with Crippen LogP contribution in [0.3, 0.4) is 0 Å². The molecule has 1 heterocycles. The number of rotatable bonds is 1. The zero-order chi connectivity index (χ0) is 8.27. The molecule has 1 aliphatic rings. The minimum Gasteiger partial charge on any atom is -0.445 e. The quantitative estimate of drug-likeness (QED) is 0.574. The molecule has 4 heteroatoms. The summed E-state index contributed by atoms with van der Waals surface area (Å²) in [6, 6.07) is 0.530. The van der Waals surface area contributed by atoms with Crippen LogP contribution in [0.25, 0.3) is 0 Å². The van der Waals surface area contributed by atoms with Crippen LogP contribution in [-0.4, -0.2) is 24.8 Å². The molecule has 11 heavy (non-hydrogen) atoms. The zero-order valence-corrected chi connectivity index (χ0v) is 6.67. The second kappa shape index (κ2) is 3.57. The van der Waals surface area contributed by atoms with Crippen molar-refractivity contribution in [2.45, 2.75) is 31.9 Å². The number of amides is 1. The van der Waals surface area contributed by atoms with Gasteiger partial charge in [0.05, 0.1) is 0 Å². The van der Waals surface area contributed by atoms with Crippen LogP contribution in [-0.2, 0) is 4.74 Å². The molecule has 0 radical (unpaired) electrons. The maximum Gasteiger partial charge on any atom is 0.404 e. The van der Waals surface area contributed by atoms with Gasteiger partial charge in [0.1, 0.15) is 6.10 Å². The molecule has 0 bridgehead atoms. The summed E-state index contributed by atoms with van der Waals surface area (Å²) in [4.78, 5) is 10.3. The molecule has 2 unspecified atom stereocenters. The standard InChI is InChI=1S/C7H14N2O2/c1-5-2-3-6(4-9-5)11-7(8)10/h5-6,9H,2-4H2,1H3,(H2,8,10). The molecule has 4 nitrogen and oxygen atoms in total. The van der Waals surface area contributed by atoms with Crippen molar-refractivity contribution in [1.82, 2.24) is 5.32 Å². The van der Waals surface area contributed by atoms with Crippen molar-refractivity contribution in [3.8, 4) is 0 Å². The van der Waals surface area contributed by atoms with Crippen LogP contribution in [0.15, 0.2) is 0 Å². The van der Waals surface area contributed by atoms with E-state index in [-0.39, 0.29) is 6.10 Å². The number of nitrogens with one attached hydrogen (secondary N) is 1. The van der Waals surface area contributed by atoms with Gasteiger partial charge in [-0.2, -0.15) is 0 Å². The number of hydrogen-bond donors (Lipinski definition) is 2. The summed E-state index contributed by atoms with van der Waals surface area (Å²) >= 11 is 0. The van der Waals surface area contributed by atoms with Gasteiger partial charge in [-0.3, -0.25) is 0 Å². The fourth-order valence-corrected chi connectivity index (χ4v) is 1.24. The molecule has 1 aliphatic heterocycles. The summed E-state index contributed by atoms with van der Waals surface area (Å²) in [5.74, 6) is 0. The third-order valence-electron chi connectivity index (χ3n) is 1.90. The topological polar surface area (TPSA) is 64.3 Å². The van der Waals surface area contributed by atoms with E-state index < -0.39 is 6.09 Å². The van der Waals surface area contributed by atoms with Gasteiger partial charge in [-0.25, -0.2) is 4.79 Å². The SMILES string of the molecule is CC1CCC(OC(N)=O)CN1. The number of piperidine rings is 1. The molecule has 0 aromatic heterocycles. The lowest BCUT2D eigenvalue weighted by atomic mass is 10.0. The predicted molar refractivity (Wildman–Crippen MR) is 41.2 cm³/mol. The Labute approximate surface area is 66.1 Å². The average Bonchev–Trinajstić information content (AvgIpc) is 1.93. The van der Waals surface area contributed by atoms with Gasteiger partial charge in [0.25, 0.3) is 0 Å². The largest absolute Gasteiger partial charge is 0.445 e. The number of carbonyl (C=O) groups is 1. The van der Waals surface area contributed by atoms with Crippen molar-refractivity contribution in [2.75, 3.05) is 6.54 Å². The number of hydrogen-bond acceptors (Lipinski definition) is 3. The van der Waals surface area contributed by atoms with Crippen LogP contribution in [0.5, 0.6) is 0 Å². The molecular weight excluding hydrogens is 144 g/mol. The lowest BCUT2D eigenvalue weighted by Gasteiger charge is -2.26. The first-order chi connectivity index (χ1) is 5.18. The average molecular weight is 158 g/mol. The molecule has 0 saturated carbocycles. The predicted octanol–water partition coefficient (Wildman–Crippen LogP) is 0.222. The van der Waals surface area contributed by atoms with E-state index in [0.717, 1.165) is 19.4 Å². The highest BCUT2D eigenvalue weighted by Gasteiger charge is 2.19. The molecule has 2 atom stereocenters. The van der Waals surface area contributed by atoms with Crippen molar-refractivity contribution in [2.24, 2.45) is 5.73 Å². The highest BCUT2D eigenvalue weighted by molar-refractivity contribution is 5.64. The Bertz CT molecular complexity index is 141. The summed E-state index contributed by atoms with van der Waals surface area (Å²) in [7, 11) is 0. The first-order valence-electron chi connectivity index (χ1n) is 3.88. The highest BCUT2D eigenvalue weighted by Crippen LogP contribution is 2.10. The van der Waals surface area contributed by atoms with Crippen LogP contribution >= 0.6 is 0 Å². The van der Waals surface area contributed by atoms with E-state index in [1.165, 1.54) is 0 Å². The zero-order valence-electron chi connectivity index (χ0n) is 6.67. The van der Waals surface area contributed by atoms with E-state index in [9.17, 15) is 4.79 Å². The Morgan fingerprint density at radius 3 is 2.82 bits per heavy atom. The molecule has 1 amide bonds. The van der Waals surface area contributed by atoms with Crippen molar-refractivity contribution in [3.05, 3.63) is 0 Å². The molecule has 0 aromatic rings. The Kier molecular flexibility index (Phi) is 2.70. The van der Waals surface area contributed by atoms with Crippen LogP contribution in [0, 0.1) is 0 Å².